The number of hydrogen-bond acceptors (Lipinski definition) is 3. The minimum absolute atomic E-state index is 0.0932. The van der Waals surface area contributed by atoms with Gasteiger partial charge in [0.1, 0.15) is 0 Å². The Hall–Kier alpha value is -2.92. The van der Waals surface area contributed by atoms with Crippen molar-refractivity contribution in [2.24, 2.45) is 0 Å². The number of aryl methyl sites for hydroxylation is 2. The first-order chi connectivity index (χ1) is 14.4. The summed E-state index contributed by atoms with van der Waals surface area (Å²) in [5.41, 5.74) is 9.33. The van der Waals surface area contributed by atoms with Crippen molar-refractivity contribution in [3.05, 3.63) is 81.5 Å². The third-order valence-electron chi connectivity index (χ3n) is 5.31. The van der Waals surface area contributed by atoms with E-state index >= 15 is 0 Å². The van der Waals surface area contributed by atoms with Crippen LogP contribution >= 0.6 is 11.3 Å². The largest absolute Gasteiger partial charge is 0.273 e. The van der Waals surface area contributed by atoms with Gasteiger partial charge in [-0.3, -0.25) is 20.0 Å². The Bertz CT molecular complexity index is 1030. The second-order valence-electron chi connectivity index (χ2n) is 7.72. The van der Waals surface area contributed by atoms with Crippen LogP contribution in [0, 0.1) is 13.8 Å². The van der Waals surface area contributed by atoms with Crippen LogP contribution in [-0.2, 0) is 11.2 Å². The fourth-order valence-electron chi connectivity index (χ4n) is 3.45. The first kappa shape index (κ1) is 21.8. The number of nitrogens with zero attached hydrogens (tertiary/aromatic N) is 1. The maximum Gasteiger partial charge on any atom is 0.270 e. The molecule has 2 amide bonds. The monoisotopic (exact) mass is 420 g/mol. The van der Waals surface area contributed by atoms with E-state index in [2.05, 4.69) is 49.6 Å². The molecule has 0 spiro atoms. The van der Waals surface area contributed by atoms with Crippen LogP contribution in [0.3, 0.4) is 0 Å². The molecule has 0 fully saturated rings. The van der Waals surface area contributed by atoms with E-state index in [4.69, 9.17) is 0 Å². The predicted molar refractivity (Wildman–Crippen MR) is 123 cm³/mol. The fraction of sp³-hybridized carbons (Fsp3) is 0.280. The number of rotatable bonds is 6. The smallest absolute Gasteiger partial charge is 0.270 e. The maximum atomic E-state index is 12.9. The standard InChI is InChI=1S/C25H28N2O2S/c1-17(2)27(26-25(29)21-14-15-30-16-21)24(28)13-12-20-9-5-6-10-23(20)22-11-7-8-18(3)19(22)4/h5-11,14-17H,12-13H2,1-4H3,(H,26,29). The van der Waals surface area contributed by atoms with Crippen LogP contribution in [0.4, 0.5) is 0 Å². The second-order valence-corrected chi connectivity index (χ2v) is 8.50. The molecule has 0 bridgehead atoms. The third-order valence-corrected chi connectivity index (χ3v) is 5.99. The number of hydrogen-bond donors (Lipinski definition) is 1. The first-order valence-corrected chi connectivity index (χ1v) is 11.1. The van der Waals surface area contributed by atoms with Gasteiger partial charge in [-0.25, -0.2) is 0 Å². The highest BCUT2D eigenvalue weighted by atomic mass is 32.1. The van der Waals surface area contributed by atoms with Crippen molar-refractivity contribution >= 4 is 23.2 Å². The van der Waals surface area contributed by atoms with Gasteiger partial charge in [0.25, 0.3) is 5.91 Å². The summed E-state index contributed by atoms with van der Waals surface area (Å²) in [6, 6.07) is 16.2. The predicted octanol–water partition coefficient (Wildman–Crippen LogP) is 5.55. The van der Waals surface area contributed by atoms with Crippen LogP contribution in [0.5, 0.6) is 0 Å². The molecule has 1 heterocycles. The molecule has 0 aliphatic heterocycles. The molecule has 0 saturated carbocycles. The number of carbonyl (C=O) groups excluding carboxylic acids is 2. The van der Waals surface area contributed by atoms with E-state index < -0.39 is 0 Å². The van der Waals surface area contributed by atoms with Crippen LogP contribution in [-0.4, -0.2) is 22.9 Å². The topological polar surface area (TPSA) is 49.4 Å². The summed E-state index contributed by atoms with van der Waals surface area (Å²) in [4.78, 5) is 25.4. The van der Waals surface area contributed by atoms with E-state index in [0.717, 1.165) is 11.1 Å². The Balaban J connectivity index is 1.75. The Labute approximate surface area is 182 Å². The summed E-state index contributed by atoms with van der Waals surface area (Å²) in [7, 11) is 0. The summed E-state index contributed by atoms with van der Waals surface area (Å²) in [5, 5.41) is 5.07. The molecule has 1 N–H and O–H groups in total. The zero-order chi connectivity index (χ0) is 21.7. The summed E-state index contributed by atoms with van der Waals surface area (Å²) >= 11 is 1.46. The van der Waals surface area contributed by atoms with Crippen LogP contribution < -0.4 is 5.43 Å². The highest BCUT2D eigenvalue weighted by molar-refractivity contribution is 7.08. The molecule has 3 rings (SSSR count). The summed E-state index contributed by atoms with van der Waals surface area (Å²) in [6.45, 7) is 8.04. The fourth-order valence-corrected chi connectivity index (χ4v) is 4.09. The third kappa shape index (κ3) is 4.97. The SMILES string of the molecule is Cc1cccc(-c2ccccc2CCC(=O)N(NC(=O)c2ccsc2)C(C)C)c1C. The second kappa shape index (κ2) is 9.72. The molecule has 0 atom stereocenters. The minimum atomic E-state index is -0.255. The molecule has 4 nitrogen and oxygen atoms in total. The number of nitrogens with one attached hydrogen (secondary N) is 1. The van der Waals surface area contributed by atoms with Gasteiger partial charge >= 0.3 is 0 Å². The zero-order valence-corrected chi connectivity index (χ0v) is 18.8. The maximum absolute atomic E-state index is 12.9. The van der Waals surface area contributed by atoms with E-state index in [1.54, 1.807) is 11.4 Å². The number of hydrazine groups is 1. The summed E-state index contributed by atoms with van der Waals surface area (Å²) in [6.07, 6.45) is 0.934. The van der Waals surface area contributed by atoms with Crippen LogP contribution in [0.25, 0.3) is 11.1 Å². The van der Waals surface area contributed by atoms with Gasteiger partial charge in [0.15, 0.2) is 0 Å². The molecule has 0 aliphatic rings. The first-order valence-electron chi connectivity index (χ1n) is 10.2. The van der Waals surface area contributed by atoms with Crippen molar-refractivity contribution in [3.8, 4) is 11.1 Å². The average molecular weight is 421 g/mol. The van der Waals surface area contributed by atoms with Gasteiger partial charge in [0.05, 0.1) is 5.56 Å². The van der Waals surface area contributed by atoms with Gasteiger partial charge in [0.2, 0.25) is 5.91 Å². The van der Waals surface area contributed by atoms with Gasteiger partial charge in [0, 0.05) is 17.8 Å². The van der Waals surface area contributed by atoms with E-state index in [9.17, 15) is 9.59 Å². The minimum Gasteiger partial charge on any atom is -0.273 e. The van der Waals surface area contributed by atoms with Crippen molar-refractivity contribution < 1.29 is 9.59 Å². The van der Waals surface area contributed by atoms with Crippen molar-refractivity contribution in [2.75, 3.05) is 0 Å². The molecule has 0 unspecified atom stereocenters. The van der Waals surface area contributed by atoms with Gasteiger partial charge in [-0.2, -0.15) is 11.3 Å². The quantitative estimate of drug-likeness (QED) is 0.532. The van der Waals surface area contributed by atoms with Crippen LogP contribution in [0.2, 0.25) is 0 Å². The van der Waals surface area contributed by atoms with Crippen molar-refractivity contribution in [2.45, 2.75) is 46.6 Å². The highest BCUT2D eigenvalue weighted by Gasteiger charge is 2.21. The zero-order valence-electron chi connectivity index (χ0n) is 17.9. The van der Waals surface area contributed by atoms with Crippen molar-refractivity contribution in [1.82, 2.24) is 10.4 Å². The molecule has 0 radical (unpaired) electrons. The summed E-state index contributed by atoms with van der Waals surface area (Å²) in [5.74, 6) is -0.349. The number of amides is 2. The lowest BCUT2D eigenvalue weighted by Crippen LogP contribution is -2.50. The molecule has 3 aromatic rings. The molecule has 0 saturated heterocycles. The lowest BCUT2D eigenvalue weighted by atomic mass is 9.92. The van der Waals surface area contributed by atoms with Crippen LogP contribution in [0.1, 0.15) is 47.3 Å². The van der Waals surface area contributed by atoms with Crippen molar-refractivity contribution in [3.63, 3.8) is 0 Å². The molecular weight excluding hydrogens is 392 g/mol. The van der Waals surface area contributed by atoms with Crippen molar-refractivity contribution in [1.29, 1.82) is 0 Å². The molecule has 0 aliphatic carbocycles. The Morgan fingerprint density at radius 3 is 2.43 bits per heavy atom. The highest BCUT2D eigenvalue weighted by Crippen LogP contribution is 2.29. The van der Waals surface area contributed by atoms with Crippen LogP contribution in [0.15, 0.2) is 59.3 Å². The number of carbonyl (C=O) groups is 2. The average Bonchev–Trinajstić information content (AvgIpc) is 3.27. The molecule has 2 aromatic carbocycles. The van der Waals surface area contributed by atoms with Gasteiger partial charge in [-0.15, -0.1) is 0 Å². The molecule has 156 valence electrons. The lowest BCUT2D eigenvalue weighted by molar-refractivity contribution is -0.135. The Morgan fingerprint density at radius 1 is 1.00 bits per heavy atom. The number of benzene rings is 2. The van der Waals surface area contributed by atoms with Gasteiger partial charge in [-0.05, 0) is 73.4 Å². The molecule has 5 heteroatoms. The van der Waals surface area contributed by atoms with E-state index in [0.29, 0.717) is 18.4 Å². The Kier molecular flexibility index (Phi) is 7.06. The van der Waals surface area contributed by atoms with Gasteiger partial charge in [-0.1, -0.05) is 42.5 Å². The summed E-state index contributed by atoms with van der Waals surface area (Å²) < 4.78 is 0. The van der Waals surface area contributed by atoms with E-state index in [-0.39, 0.29) is 17.9 Å². The molecule has 1 aromatic heterocycles. The Morgan fingerprint density at radius 2 is 1.73 bits per heavy atom. The van der Waals surface area contributed by atoms with Gasteiger partial charge < -0.3 is 0 Å². The lowest BCUT2D eigenvalue weighted by Gasteiger charge is -2.27. The van der Waals surface area contributed by atoms with E-state index in [1.807, 2.05) is 31.4 Å². The molecule has 30 heavy (non-hydrogen) atoms. The molecular formula is C25H28N2O2S. The normalized spacial score (nSPS) is 10.8. The number of thiophene rings is 1. The van der Waals surface area contributed by atoms with E-state index in [1.165, 1.54) is 33.0 Å².